The van der Waals surface area contributed by atoms with Gasteiger partial charge < -0.3 is 9.78 Å². The lowest BCUT2D eigenvalue weighted by Gasteiger charge is -1.98. The SMILES string of the molecule is O=CCC=Cc1ccc2[nH]c(=O)[nH]c(=O)c2c1. The summed E-state index contributed by atoms with van der Waals surface area (Å²) < 4.78 is 0. The standard InChI is InChI=1S/C12H10N2O3/c15-6-2-1-3-8-4-5-10-9(7-8)11(16)14-12(17)13-10/h1,3-7H,2H2,(H2,13,14,16,17). The predicted molar refractivity (Wildman–Crippen MR) is 64.9 cm³/mol. The maximum Gasteiger partial charge on any atom is 0.326 e. The van der Waals surface area contributed by atoms with E-state index >= 15 is 0 Å². The van der Waals surface area contributed by atoms with Gasteiger partial charge in [0.15, 0.2) is 0 Å². The van der Waals surface area contributed by atoms with Crippen molar-refractivity contribution >= 4 is 23.3 Å². The average molecular weight is 230 g/mol. The van der Waals surface area contributed by atoms with Crippen molar-refractivity contribution in [1.29, 1.82) is 0 Å². The third-order valence-corrected chi connectivity index (χ3v) is 2.31. The molecule has 0 spiro atoms. The average Bonchev–Trinajstić information content (AvgIpc) is 2.30. The van der Waals surface area contributed by atoms with Crippen molar-refractivity contribution in [2.24, 2.45) is 0 Å². The van der Waals surface area contributed by atoms with Crippen molar-refractivity contribution in [1.82, 2.24) is 9.97 Å². The van der Waals surface area contributed by atoms with Gasteiger partial charge in [0.1, 0.15) is 6.29 Å². The molecule has 17 heavy (non-hydrogen) atoms. The molecule has 86 valence electrons. The number of rotatable bonds is 3. The Hall–Kier alpha value is -2.43. The van der Waals surface area contributed by atoms with Crippen LogP contribution >= 0.6 is 0 Å². The van der Waals surface area contributed by atoms with E-state index in [4.69, 9.17) is 0 Å². The van der Waals surface area contributed by atoms with Crippen LogP contribution in [0.2, 0.25) is 0 Å². The summed E-state index contributed by atoms with van der Waals surface area (Å²) in [6.45, 7) is 0. The monoisotopic (exact) mass is 230 g/mol. The second-order valence-electron chi connectivity index (χ2n) is 3.52. The summed E-state index contributed by atoms with van der Waals surface area (Å²) in [5, 5.41) is 0.415. The lowest BCUT2D eigenvalue weighted by Crippen LogP contribution is -2.21. The fourth-order valence-electron chi connectivity index (χ4n) is 1.55. The van der Waals surface area contributed by atoms with Crippen LogP contribution in [0.15, 0.2) is 33.9 Å². The molecule has 0 fully saturated rings. The van der Waals surface area contributed by atoms with E-state index in [1.54, 1.807) is 30.4 Å². The number of hydrogen-bond acceptors (Lipinski definition) is 3. The van der Waals surface area contributed by atoms with E-state index in [0.29, 0.717) is 17.3 Å². The first kappa shape index (κ1) is 11.1. The van der Waals surface area contributed by atoms with Gasteiger partial charge in [-0.05, 0) is 17.7 Å². The Morgan fingerprint density at radius 3 is 2.76 bits per heavy atom. The van der Waals surface area contributed by atoms with Gasteiger partial charge in [-0.1, -0.05) is 18.2 Å². The van der Waals surface area contributed by atoms with Crippen molar-refractivity contribution in [3.63, 3.8) is 0 Å². The number of carbonyl (C=O) groups is 1. The molecule has 0 aliphatic heterocycles. The molecule has 2 N–H and O–H groups in total. The molecule has 0 bridgehead atoms. The molecule has 5 nitrogen and oxygen atoms in total. The molecule has 0 aliphatic rings. The number of carbonyl (C=O) groups excluding carboxylic acids is 1. The number of hydrogen-bond donors (Lipinski definition) is 2. The largest absolute Gasteiger partial charge is 0.326 e. The second kappa shape index (κ2) is 4.61. The number of fused-ring (bicyclic) bond motifs is 1. The minimum atomic E-state index is -0.522. The second-order valence-corrected chi connectivity index (χ2v) is 3.52. The Morgan fingerprint density at radius 2 is 2.00 bits per heavy atom. The molecule has 1 aromatic carbocycles. The van der Waals surface area contributed by atoms with Gasteiger partial charge in [-0.15, -0.1) is 0 Å². The maximum atomic E-state index is 11.5. The highest BCUT2D eigenvalue weighted by atomic mass is 16.2. The summed E-state index contributed by atoms with van der Waals surface area (Å²) in [7, 11) is 0. The first-order valence-electron chi connectivity index (χ1n) is 5.07. The van der Waals surface area contributed by atoms with E-state index in [9.17, 15) is 14.4 Å². The van der Waals surface area contributed by atoms with E-state index in [0.717, 1.165) is 11.8 Å². The third kappa shape index (κ3) is 2.39. The van der Waals surface area contributed by atoms with Gasteiger partial charge in [0.25, 0.3) is 5.56 Å². The van der Waals surface area contributed by atoms with Crippen LogP contribution in [0.5, 0.6) is 0 Å². The quantitative estimate of drug-likeness (QED) is 0.766. The summed E-state index contributed by atoms with van der Waals surface area (Å²) in [6.07, 6.45) is 4.58. The van der Waals surface area contributed by atoms with Crippen LogP contribution in [-0.4, -0.2) is 16.3 Å². The summed E-state index contributed by atoms with van der Waals surface area (Å²) in [6, 6.07) is 5.08. The molecular formula is C12H10N2O3. The zero-order valence-electron chi connectivity index (χ0n) is 8.90. The van der Waals surface area contributed by atoms with Crippen LogP contribution in [0.4, 0.5) is 0 Å². The molecule has 0 saturated heterocycles. The fraction of sp³-hybridized carbons (Fsp3) is 0.0833. The number of aldehydes is 1. The van der Waals surface area contributed by atoms with Gasteiger partial charge in [-0.25, -0.2) is 4.79 Å². The molecule has 1 heterocycles. The van der Waals surface area contributed by atoms with Gasteiger partial charge in [-0.3, -0.25) is 9.78 Å². The number of aromatic nitrogens is 2. The van der Waals surface area contributed by atoms with Crippen molar-refractivity contribution in [3.8, 4) is 0 Å². The lowest BCUT2D eigenvalue weighted by atomic mass is 10.1. The molecule has 1 aromatic heterocycles. The van der Waals surface area contributed by atoms with Crippen LogP contribution in [0.3, 0.4) is 0 Å². The van der Waals surface area contributed by atoms with Gasteiger partial charge in [-0.2, -0.15) is 0 Å². The molecule has 2 rings (SSSR count). The van der Waals surface area contributed by atoms with E-state index < -0.39 is 11.2 Å². The Bertz CT molecular complexity index is 695. The topological polar surface area (TPSA) is 82.8 Å². The Labute approximate surface area is 95.8 Å². The molecule has 5 heteroatoms. The van der Waals surface area contributed by atoms with Gasteiger partial charge in [0.05, 0.1) is 10.9 Å². The molecule has 2 aromatic rings. The molecule has 0 aliphatic carbocycles. The van der Waals surface area contributed by atoms with Crippen molar-refractivity contribution in [2.45, 2.75) is 6.42 Å². The molecule has 0 amide bonds. The maximum absolute atomic E-state index is 11.5. The summed E-state index contributed by atoms with van der Waals surface area (Å²) >= 11 is 0. The van der Waals surface area contributed by atoms with Crippen molar-refractivity contribution in [2.75, 3.05) is 0 Å². The van der Waals surface area contributed by atoms with Crippen LogP contribution in [0.1, 0.15) is 12.0 Å². The number of H-pyrrole nitrogens is 2. The minimum Gasteiger partial charge on any atom is -0.307 e. The number of aromatic amines is 2. The number of nitrogens with one attached hydrogen (secondary N) is 2. The Balaban J connectivity index is 2.54. The Morgan fingerprint density at radius 1 is 1.18 bits per heavy atom. The summed E-state index contributed by atoms with van der Waals surface area (Å²) in [5.74, 6) is 0. The van der Waals surface area contributed by atoms with E-state index in [-0.39, 0.29) is 0 Å². The van der Waals surface area contributed by atoms with Crippen LogP contribution in [0, 0.1) is 0 Å². The smallest absolute Gasteiger partial charge is 0.307 e. The predicted octanol–water partition coefficient (Wildman–Crippen LogP) is 0.819. The summed E-state index contributed by atoms with van der Waals surface area (Å²) in [4.78, 5) is 37.4. The van der Waals surface area contributed by atoms with Crippen molar-refractivity contribution in [3.05, 3.63) is 50.7 Å². The van der Waals surface area contributed by atoms with E-state index in [1.807, 2.05) is 0 Å². The van der Waals surface area contributed by atoms with Gasteiger partial charge >= 0.3 is 5.69 Å². The lowest BCUT2D eigenvalue weighted by molar-refractivity contribution is -0.107. The zero-order valence-corrected chi connectivity index (χ0v) is 8.90. The van der Waals surface area contributed by atoms with Gasteiger partial charge in [0.2, 0.25) is 0 Å². The Kier molecular flexibility index (Phi) is 3.00. The molecule has 0 unspecified atom stereocenters. The van der Waals surface area contributed by atoms with Crippen molar-refractivity contribution < 1.29 is 4.79 Å². The molecular weight excluding hydrogens is 220 g/mol. The first-order chi connectivity index (χ1) is 8.20. The molecule has 0 radical (unpaired) electrons. The molecule has 0 saturated carbocycles. The highest BCUT2D eigenvalue weighted by molar-refractivity contribution is 5.80. The van der Waals surface area contributed by atoms with Crippen LogP contribution in [-0.2, 0) is 4.79 Å². The van der Waals surface area contributed by atoms with Crippen LogP contribution < -0.4 is 11.2 Å². The minimum absolute atomic E-state index is 0.333. The number of allylic oxidation sites excluding steroid dienone is 1. The molecule has 0 atom stereocenters. The fourth-order valence-corrected chi connectivity index (χ4v) is 1.55. The first-order valence-corrected chi connectivity index (χ1v) is 5.07. The number of benzene rings is 1. The van der Waals surface area contributed by atoms with E-state index in [1.165, 1.54) is 0 Å². The zero-order chi connectivity index (χ0) is 12.3. The van der Waals surface area contributed by atoms with Crippen LogP contribution in [0.25, 0.3) is 17.0 Å². The normalized spacial score (nSPS) is 11.1. The summed E-state index contributed by atoms with van der Waals surface area (Å²) in [5.41, 5.74) is 0.351. The van der Waals surface area contributed by atoms with Gasteiger partial charge in [0, 0.05) is 6.42 Å². The van der Waals surface area contributed by atoms with E-state index in [2.05, 4.69) is 9.97 Å². The highest BCUT2D eigenvalue weighted by Crippen LogP contribution is 2.10. The highest BCUT2D eigenvalue weighted by Gasteiger charge is 2.00. The third-order valence-electron chi connectivity index (χ3n) is 2.31.